The number of carbonyl (C=O) groups is 1. The summed E-state index contributed by atoms with van der Waals surface area (Å²) in [5.74, 6) is -0.758. The first kappa shape index (κ1) is 27.6. The molecular weight excluding hydrogens is 448 g/mol. The van der Waals surface area contributed by atoms with Crippen molar-refractivity contribution in [2.24, 2.45) is 44.8 Å². The van der Waals surface area contributed by atoms with Gasteiger partial charge in [-0.2, -0.15) is 0 Å². The minimum atomic E-state index is -0.805. The van der Waals surface area contributed by atoms with Gasteiger partial charge in [0.05, 0.1) is 18.1 Å². The Morgan fingerprint density at radius 3 is 2.28 bits per heavy atom. The highest BCUT2D eigenvalue weighted by atomic mass is 16.4. The van der Waals surface area contributed by atoms with E-state index in [0.29, 0.717) is 31.1 Å². The molecule has 3 N–H and O–H groups in total. The summed E-state index contributed by atoms with van der Waals surface area (Å²) in [6.07, 6.45) is 9.04. The van der Waals surface area contributed by atoms with Crippen LogP contribution in [0.15, 0.2) is 35.5 Å². The van der Waals surface area contributed by atoms with Crippen LogP contribution in [0.3, 0.4) is 0 Å². The third-order valence-corrected chi connectivity index (χ3v) is 12.5. The Balaban J connectivity index is 1.78. The van der Waals surface area contributed by atoms with Gasteiger partial charge in [0.2, 0.25) is 0 Å². The first-order valence-corrected chi connectivity index (χ1v) is 14.2. The molecule has 2 saturated carbocycles. The molecule has 0 aromatic heterocycles. The zero-order valence-electron chi connectivity index (χ0n) is 23.9. The molecule has 2 fully saturated rings. The van der Waals surface area contributed by atoms with Gasteiger partial charge in [0.1, 0.15) is 0 Å². The van der Waals surface area contributed by atoms with Crippen LogP contribution < -0.4 is 0 Å². The van der Waals surface area contributed by atoms with Crippen LogP contribution in [-0.2, 0) is 4.79 Å². The maximum absolute atomic E-state index is 12.8. The van der Waals surface area contributed by atoms with Crippen molar-refractivity contribution in [3.05, 3.63) is 35.5 Å². The third kappa shape index (κ3) is 3.42. The van der Waals surface area contributed by atoms with Gasteiger partial charge in [0.25, 0.3) is 0 Å². The van der Waals surface area contributed by atoms with Crippen molar-refractivity contribution >= 4 is 5.97 Å². The van der Waals surface area contributed by atoms with Crippen LogP contribution in [0.2, 0.25) is 0 Å². The van der Waals surface area contributed by atoms with E-state index >= 15 is 0 Å². The lowest BCUT2D eigenvalue weighted by Crippen LogP contribution is -2.56. The maximum atomic E-state index is 12.8. The summed E-state index contributed by atoms with van der Waals surface area (Å²) < 4.78 is 0. The molecule has 4 aliphatic rings. The van der Waals surface area contributed by atoms with E-state index in [-0.39, 0.29) is 27.8 Å². The number of aliphatic hydroxyl groups is 2. The molecule has 4 aliphatic carbocycles. The van der Waals surface area contributed by atoms with Crippen LogP contribution in [0, 0.1) is 44.8 Å². The topological polar surface area (TPSA) is 77.8 Å². The molecule has 0 saturated heterocycles. The van der Waals surface area contributed by atoms with E-state index in [2.05, 4.69) is 67.2 Å². The van der Waals surface area contributed by atoms with Crippen molar-refractivity contribution in [3.8, 4) is 0 Å². The van der Waals surface area contributed by atoms with E-state index in [0.717, 1.165) is 31.3 Å². The normalized spacial score (nSPS) is 44.1. The van der Waals surface area contributed by atoms with Gasteiger partial charge in [-0.3, -0.25) is 4.79 Å². The summed E-state index contributed by atoms with van der Waals surface area (Å²) in [7, 11) is 0. The van der Waals surface area contributed by atoms with E-state index in [1.807, 2.05) is 6.92 Å². The molecule has 4 nitrogen and oxygen atoms in total. The molecule has 4 rings (SSSR count). The fourth-order valence-corrected chi connectivity index (χ4v) is 9.30. The van der Waals surface area contributed by atoms with Crippen molar-refractivity contribution in [2.45, 2.75) is 113 Å². The third-order valence-electron chi connectivity index (χ3n) is 12.5. The summed E-state index contributed by atoms with van der Waals surface area (Å²) in [6.45, 7) is 21.8. The van der Waals surface area contributed by atoms with Gasteiger partial charge in [0.15, 0.2) is 0 Å². The summed E-state index contributed by atoms with van der Waals surface area (Å²) in [6, 6.07) is 0. The summed E-state index contributed by atoms with van der Waals surface area (Å²) in [5.41, 5.74) is 2.19. The predicted octanol–water partition coefficient (Wildman–Crippen LogP) is 6.93. The quantitative estimate of drug-likeness (QED) is 0.347. The first-order valence-electron chi connectivity index (χ1n) is 14.2. The Kier molecular flexibility index (Phi) is 6.57. The molecule has 0 spiro atoms. The number of carboxylic acids is 1. The van der Waals surface area contributed by atoms with Crippen molar-refractivity contribution in [3.63, 3.8) is 0 Å². The number of aliphatic hydroxyl groups excluding tert-OH is 2. The van der Waals surface area contributed by atoms with E-state index in [9.17, 15) is 20.1 Å². The summed E-state index contributed by atoms with van der Waals surface area (Å²) >= 11 is 0. The second-order valence-electron chi connectivity index (χ2n) is 14.4. The molecule has 202 valence electrons. The Labute approximate surface area is 219 Å². The lowest BCUT2D eigenvalue weighted by atomic mass is 9.42. The fraction of sp³-hybridized carbons (Fsp3) is 0.781. The number of hydrogen-bond acceptors (Lipinski definition) is 3. The smallest absolute Gasteiger partial charge is 0.307 e. The van der Waals surface area contributed by atoms with Crippen molar-refractivity contribution in [1.82, 2.24) is 0 Å². The Bertz CT molecular complexity index is 1000. The standard InChI is InChI=1S/C32H50O4/c1-19(2)20(3)10-11-23(27(35)36)32(9)26(34)18-30(7)22-12-13-24-28(4,5)25(33)15-16-29(24,6)21(22)14-17-31(30,32)8/h12,14,19,23-26,33-34H,3,10-11,13,15-18H2,1-2,4-9H3,(H,35,36)/t23-,24-,25-,26+,29+,30-,31-,32-/m0/s1. The fourth-order valence-electron chi connectivity index (χ4n) is 9.30. The number of fused-ring (bicyclic) bond motifs is 5. The molecule has 0 bridgehead atoms. The van der Waals surface area contributed by atoms with Crippen molar-refractivity contribution in [1.29, 1.82) is 0 Å². The Hall–Kier alpha value is -1.39. The van der Waals surface area contributed by atoms with Crippen LogP contribution in [0.5, 0.6) is 0 Å². The van der Waals surface area contributed by atoms with Crippen LogP contribution >= 0.6 is 0 Å². The second kappa shape index (κ2) is 8.56. The summed E-state index contributed by atoms with van der Waals surface area (Å²) in [4.78, 5) is 12.8. The summed E-state index contributed by atoms with van der Waals surface area (Å²) in [5, 5.41) is 33.0. The molecule has 0 aromatic carbocycles. The molecule has 36 heavy (non-hydrogen) atoms. The molecular formula is C32H50O4. The molecule has 0 aromatic rings. The van der Waals surface area contributed by atoms with E-state index in [1.54, 1.807) is 0 Å². The monoisotopic (exact) mass is 498 g/mol. The minimum Gasteiger partial charge on any atom is -0.481 e. The number of carboxylic acid groups (broad SMARTS) is 1. The Morgan fingerprint density at radius 2 is 1.69 bits per heavy atom. The number of rotatable bonds is 6. The van der Waals surface area contributed by atoms with Gasteiger partial charge >= 0.3 is 5.97 Å². The number of aliphatic carboxylic acids is 1. The molecule has 0 aliphatic heterocycles. The van der Waals surface area contributed by atoms with E-state index in [4.69, 9.17) is 0 Å². The number of allylic oxidation sites excluding steroid dienone is 5. The second-order valence-corrected chi connectivity index (χ2v) is 14.4. The largest absolute Gasteiger partial charge is 0.481 e. The molecule has 8 atom stereocenters. The van der Waals surface area contributed by atoms with Gasteiger partial charge in [-0.25, -0.2) is 0 Å². The van der Waals surface area contributed by atoms with Gasteiger partial charge in [-0.15, -0.1) is 0 Å². The predicted molar refractivity (Wildman–Crippen MR) is 145 cm³/mol. The minimum absolute atomic E-state index is 0.0116. The van der Waals surface area contributed by atoms with Crippen LogP contribution in [0.4, 0.5) is 0 Å². The molecule has 0 unspecified atom stereocenters. The van der Waals surface area contributed by atoms with E-state index < -0.39 is 23.4 Å². The first-order chi connectivity index (χ1) is 16.5. The molecule has 0 radical (unpaired) electrons. The van der Waals surface area contributed by atoms with Gasteiger partial charge in [-0.05, 0) is 84.2 Å². The van der Waals surface area contributed by atoms with Gasteiger partial charge in [0, 0.05) is 10.8 Å². The molecule has 0 heterocycles. The highest BCUT2D eigenvalue weighted by Crippen LogP contribution is 2.75. The molecule has 4 heteroatoms. The zero-order valence-corrected chi connectivity index (χ0v) is 23.9. The SMILES string of the molecule is C=C(CC[C@@H](C(=O)O)[C@@]1(C)[C@H](O)C[C@@]2(C)C3=CC[C@H]4C(C)(C)[C@@H](O)CC[C@]4(C)C3=CC[C@]12C)C(C)C. The van der Waals surface area contributed by atoms with Gasteiger partial charge < -0.3 is 15.3 Å². The lowest BCUT2D eigenvalue weighted by Gasteiger charge is -2.62. The lowest BCUT2D eigenvalue weighted by molar-refractivity contribution is -0.158. The van der Waals surface area contributed by atoms with Crippen LogP contribution in [-0.4, -0.2) is 33.5 Å². The zero-order chi connectivity index (χ0) is 27.1. The average Bonchev–Trinajstić information content (AvgIpc) is 2.94. The van der Waals surface area contributed by atoms with E-state index in [1.165, 1.54) is 11.1 Å². The number of hydrogen-bond donors (Lipinski definition) is 3. The maximum Gasteiger partial charge on any atom is 0.307 e. The van der Waals surface area contributed by atoms with Gasteiger partial charge in [-0.1, -0.05) is 79.7 Å². The van der Waals surface area contributed by atoms with Crippen molar-refractivity contribution in [2.75, 3.05) is 0 Å². The highest BCUT2D eigenvalue weighted by molar-refractivity contribution is 5.72. The highest BCUT2D eigenvalue weighted by Gasteiger charge is 2.71. The van der Waals surface area contributed by atoms with Crippen LogP contribution in [0.1, 0.15) is 100 Å². The average molecular weight is 499 g/mol. The Morgan fingerprint density at radius 1 is 1.06 bits per heavy atom. The molecule has 0 amide bonds. The van der Waals surface area contributed by atoms with Crippen molar-refractivity contribution < 1.29 is 20.1 Å². The van der Waals surface area contributed by atoms with Crippen LogP contribution in [0.25, 0.3) is 0 Å².